The second-order valence-corrected chi connectivity index (χ2v) is 4.87. The summed E-state index contributed by atoms with van der Waals surface area (Å²) in [4.78, 5) is 16.2. The molecule has 3 aromatic rings. The van der Waals surface area contributed by atoms with Crippen LogP contribution >= 0.6 is 0 Å². The maximum absolute atomic E-state index is 11.9. The molecule has 0 fully saturated rings. The summed E-state index contributed by atoms with van der Waals surface area (Å²) in [6.45, 7) is 1.80. The molecule has 1 unspecified atom stereocenters. The lowest BCUT2D eigenvalue weighted by Crippen LogP contribution is -2.27. The summed E-state index contributed by atoms with van der Waals surface area (Å²) in [6.07, 6.45) is 2.08. The molecule has 1 amide bonds. The molecule has 2 heterocycles. The van der Waals surface area contributed by atoms with Gasteiger partial charge in [0.25, 0.3) is 5.91 Å². The van der Waals surface area contributed by atoms with Gasteiger partial charge in [-0.15, -0.1) is 0 Å². The highest BCUT2D eigenvalue weighted by molar-refractivity contribution is 5.92. The Hall–Kier alpha value is -2.96. The van der Waals surface area contributed by atoms with Gasteiger partial charge in [-0.05, 0) is 18.6 Å². The fourth-order valence-electron chi connectivity index (χ4n) is 2.01. The van der Waals surface area contributed by atoms with Gasteiger partial charge in [-0.3, -0.25) is 9.89 Å². The number of carbonyl (C=O) groups is 1. The molecule has 2 N–H and O–H groups in total. The van der Waals surface area contributed by atoms with Crippen LogP contribution in [0.2, 0.25) is 0 Å². The number of rotatable bonds is 5. The Bertz CT molecular complexity index is 736. The monoisotopic (exact) mass is 297 g/mol. The van der Waals surface area contributed by atoms with Crippen molar-refractivity contribution in [3.8, 4) is 0 Å². The zero-order chi connectivity index (χ0) is 15.4. The van der Waals surface area contributed by atoms with Crippen LogP contribution in [-0.4, -0.2) is 26.2 Å². The van der Waals surface area contributed by atoms with E-state index in [-0.39, 0.29) is 11.9 Å². The van der Waals surface area contributed by atoms with Crippen molar-refractivity contribution in [2.75, 3.05) is 0 Å². The van der Waals surface area contributed by atoms with E-state index in [0.29, 0.717) is 23.8 Å². The standard InChI is InChI=1S/C15H15N5O2/c1-10(17-15(21)12-7-8-16-19-12)14-18-13(22-20-14)9-11-5-3-2-4-6-11/h2-8,10H,9H2,1H3,(H,16,19)(H,17,21). The number of amides is 1. The van der Waals surface area contributed by atoms with E-state index in [2.05, 4.69) is 25.7 Å². The summed E-state index contributed by atoms with van der Waals surface area (Å²) in [5, 5.41) is 13.0. The van der Waals surface area contributed by atoms with Gasteiger partial charge in [0.2, 0.25) is 5.89 Å². The van der Waals surface area contributed by atoms with E-state index in [9.17, 15) is 4.79 Å². The Morgan fingerprint density at radius 1 is 1.32 bits per heavy atom. The van der Waals surface area contributed by atoms with Gasteiger partial charge in [0.15, 0.2) is 5.82 Å². The average Bonchev–Trinajstić information content (AvgIpc) is 3.19. The smallest absolute Gasteiger partial charge is 0.269 e. The molecule has 7 nitrogen and oxygen atoms in total. The van der Waals surface area contributed by atoms with Gasteiger partial charge in [0.1, 0.15) is 5.69 Å². The molecule has 0 radical (unpaired) electrons. The zero-order valence-electron chi connectivity index (χ0n) is 12.0. The fraction of sp³-hybridized carbons (Fsp3) is 0.200. The van der Waals surface area contributed by atoms with Crippen molar-refractivity contribution < 1.29 is 9.32 Å². The van der Waals surface area contributed by atoms with Gasteiger partial charge < -0.3 is 9.84 Å². The first-order valence-corrected chi connectivity index (χ1v) is 6.89. The summed E-state index contributed by atoms with van der Waals surface area (Å²) in [5.74, 6) is 0.696. The molecule has 22 heavy (non-hydrogen) atoms. The average molecular weight is 297 g/mol. The van der Waals surface area contributed by atoms with Gasteiger partial charge in [0.05, 0.1) is 12.5 Å². The van der Waals surface area contributed by atoms with E-state index in [1.165, 1.54) is 6.20 Å². The molecular formula is C15H15N5O2. The summed E-state index contributed by atoms with van der Waals surface area (Å²) in [5.41, 5.74) is 1.48. The largest absolute Gasteiger partial charge is 0.341 e. The third-order valence-corrected chi connectivity index (χ3v) is 3.16. The van der Waals surface area contributed by atoms with Crippen LogP contribution in [-0.2, 0) is 6.42 Å². The lowest BCUT2D eigenvalue weighted by Gasteiger charge is -2.08. The molecule has 7 heteroatoms. The SMILES string of the molecule is CC(NC(=O)c1ccn[nH]1)c1noc(Cc2ccccc2)n1. The van der Waals surface area contributed by atoms with Gasteiger partial charge in [0, 0.05) is 6.20 Å². The molecular weight excluding hydrogens is 282 g/mol. The Morgan fingerprint density at radius 3 is 2.86 bits per heavy atom. The topological polar surface area (TPSA) is 96.7 Å². The third kappa shape index (κ3) is 3.20. The van der Waals surface area contributed by atoms with Crippen molar-refractivity contribution >= 4 is 5.91 Å². The van der Waals surface area contributed by atoms with Crippen LogP contribution in [0.5, 0.6) is 0 Å². The molecule has 0 aliphatic rings. The Balaban J connectivity index is 1.64. The number of aromatic amines is 1. The highest BCUT2D eigenvalue weighted by atomic mass is 16.5. The second-order valence-electron chi connectivity index (χ2n) is 4.87. The minimum absolute atomic E-state index is 0.264. The maximum atomic E-state index is 11.9. The fourth-order valence-corrected chi connectivity index (χ4v) is 2.01. The van der Waals surface area contributed by atoms with Crippen molar-refractivity contribution in [1.82, 2.24) is 25.7 Å². The number of aromatic nitrogens is 4. The number of nitrogens with zero attached hydrogens (tertiary/aromatic N) is 3. The molecule has 2 aromatic heterocycles. The summed E-state index contributed by atoms with van der Waals surface area (Å²) < 4.78 is 5.23. The Morgan fingerprint density at radius 2 is 2.14 bits per heavy atom. The quantitative estimate of drug-likeness (QED) is 0.749. The predicted octanol–water partition coefficient (Wildman–Crippen LogP) is 1.87. The predicted molar refractivity (Wildman–Crippen MR) is 78.0 cm³/mol. The van der Waals surface area contributed by atoms with Crippen LogP contribution in [0.15, 0.2) is 47.1 Å². The van der Waals surface area contributed by atoms with Crippen molar-refractivity contribution in [3.63, 3.8) is 0 Å². The normalized spacial score (nSPS) is 12.0. The van der Waals surface area contributed by atoms with E-state index in [0.717, 1.165) is 5.56 Å². The van der Waals surface area contributed by atoms with Gasteiger partial charge >= 0.3 is 0 Å². The molecule has 1 aromatic carbocycles. The van der Waals surface area contributed by atoms with Crippen molar-refractivity contribution in [3.05, 3.63) is 65.6 Å². The van der Waals surface area contributed by atoms with Crippen LogP contribution in [0.1, 0.15) is 40.7 Å². The van der Waals surface area contributed by atoms with E-state index < -0.39 is 0 Å². The molecule has 3 rings (SSSR count). The molecule has 0 saturated carbocycles. The third-order valence-electron chi connectivity index (χ3n) is 3.16. The minimum atomic E-state index is -0.357. The maximum Gasteiger partial charge on any atom is 0.269 e. The highest BCUT2D eigenvalue weighted by Gasteiger charge is 2.17. The number of carbonyl (C=O) groups excluding carboxylic acids is 1. The van der Waals surface area contributed by atoms with Crippen LogP contribution in [0.4, 0.5) is 0 Å². The molecule has 1 atom stereocenters. The summed E-state index contributed by atoms with van der Waals surface area (Å²) >= 11 is 0. The van der Waals surface area contributed by atoms with E-state index in [1.54, 1.807) is 13.0 Å². The Kier molecular flexibility index (Phi) is 3.95. The van der Waals surface area contributed by atoms with Crippen LogP contribution < -0.4 is 5.32 Å². The first kappa shape index (κ1) is 14.0. The van der Waals surface area contributed by atoms with Crippen LogP contribution in [0.25, 0.3) is 0 Å². The summed E-state index contributed by atoms with van der Waals surface area (Å²) in [7, 11) is 0. The van der Waals surface area contributed by atoms with Crippen LogP contribution in [0.3, 0.4) is 0 Å². The van der Waals surface area contributed by atoms with Crippen molar-refractivity contribution in [2.45, 2.75) is 19.4 Å². The highest BCUT2D eigenvalue weighted by Crippen LogP contribution is 2.12. The molecule has 0 saturated heterocycles. The second kappa shape index (κ2) is 6.21. The van der Waals surface area contributed by atoms with E-state index in [1.807, 2.05) is 30.3 Å². The Labute approximate surface area is 126 Å². The zero-order valence-corrected chi connectivity index (χ0v) is 12.0. The van der Waals surface area contributed by atoms with Gasteiger partial charge in [-0.2, -0.15) is 10.1 Å². The molecule has 0 aliphatic heterocycles. The van der Waals surface area contributed by atoms with Gasteiger partial charge in [-0.1, -0.05) is 35.5 Å². The molecule has 0 bridgehead atoms. The lowest BCUT2D eigenvalue weighted by molar-refractivity contribution is 0.0933. The number of hydrogen-bond acceptors (Lipinski definition) is 5. The van der Waals surface area contributed by atoms with E-state index in [4.69, 9.17) is 4.52 Å². The molecule has 112 valence electrons. The minimum Gasteiger partial charge on any atom is -0.341 e. The summed E-state index contributed by atoms with van der Waals surface area (Å²) in [6, 6.07) is 11.1. The number of benzene rings is 1. The first-order chi connectivity index (χ1) is 10.7. The molecule has 0 spiro atoms. The molecule has 0 aliphatic carbocycles. The van der Waals surface area contributed by atoms with Gasteiger partial charge in [-0.25, -0.2) is 0 Å². The van der Waals surface area contributed by atoms with Crippen molar-refractivity contribution in [1.29, 1.82) is 0 Å². The number of hydrogen-bond donors (Lipinski definition) is 2. The van der Waals surface area contributed by atoms with E-state index >= 15 is 0 Å². The number of H-pyrrole nitrogens is 1. The first-order valence-electron chi connectivity index (χ1n) is 6.89. The van der Waals surface area contributed by atoms with Crippen molar-refractivity contribution in [2.24, 2.45) is 0 Å². The lowest BCUT2D eigenvalue weighted by atomic mass is 10.1. The number of nitrogens with one attached hydrogen (secondary N) is 2. The van der Waals surface area contributed by atoms with Crippen LogP contribution in [0, 0.1) is 0 Å².